The molecule has 0 radical (unpaired) electrons. The summed E-state index contributed by atoms with van der Waals surface area (Å²) < 4.78 is 28.9. The lowest BCUT2D eigenvalue weighted by molar-refractivity contribution is 0.0932. The summed E-state index contributed by atoms with van der Waals surface area (Å²) in [6.07, 6.45) is 2.82. The molecule has 0 bridgehead atoms. The zero-order valence-electron chi connectivity index (χ0n) is 14.1. The van der Waals surface area contributed by atoms with Crippen LogP contribution in [0.1, 0.15) is 18.4 Å². The van der Waals surface area contributed by atoms with Crippen LogP contribution in [0.3, 0.4) is 0 Å². The van der Waals surface area contributed by atoms with Crippen molar-refractivity contribution in [3.05, 3.63) is 29.8 Å². The molecular formula is C16H26O5S3. The molecule has 1 aliphatic heterocycles. The number of aliphatic hydroxyl groups is 2. The summed E-state index contributed by atoms with van der Waals surface area (Å²) in [4.78, 5) is 0.245. The van der Waals surface area contributed by atoms with Gasteiger partial charge in [-0.05, 0) is 49.7 Å². The van der Waals surface area contributed by atoms with Crippen molar-refractivity contribution in [3.8, 4) is 0 Å². The molecule has 0 spiro atoms. The molecule has 0 unspecified atom stereocenters. The van der Waals surface area contributed by atoms with Gasteiger partial charge in [-0.1, -0.05) is 17.7 Å². The topological polar surface area (TPSA) is 83.8 Å². The van der Waals surface area contributed by atoms with Gasteiger partial charge in [0.1, 0.15) is 0 Å². The average Bonchev–Trinajstić information content (AvgIpc) is 3.05. The highest BCUT2D eigenvalue weighted by Crippen LogP contribution is 2.24. The molecular weight excluding hydrogens is 368 g/mol. The smallest absolute Gasteiger partial charge is 0.297 e. The second kappa shape index (κ2) is 11.4. The number of rotatable bonds is 7. The van der Waals surface area contributed by atoms with Crippen molar-refractivity contribution in [2.24, 2.45) is 0 Å². The van der Waals surface area contributed by atoms with Gasteiger partial charge in [0.2, 0.25) is 0 Å². The number of hydrogen-bond donors (Lipinski definition) is 2. The summed E-state index contributed by atoms with van der Waals surface area (Å²) in [6.45, 7) is 1.81. The second-order valence-corrected chi connectivity index (χ2v) is 9.17. The quantitative estimate of drug-likeness (QED) is 0.687. The zero-order chi connectivity index (χ0) is 18.0. The first kappa shape index (κ1) is 21.8. The van der Waals surface area contributed by atoms with Crippen molar-refractivity contribution in [1.29, 1.82) is 0 Å². The summed E-state index contributed by atoms with van der Waals surface area (Å²) in [7, 11) is -3.57. The largest absolute Gasteiger partial charge is 0.394 e. The Morgan fingerprint density at radius 3 is 2.54 bits per heavy atom. The fourth-order valence-corrected chi connectivity index (χ4v) is 4.66. The van der Waals surface area contributed by atoms with Gasteiger partial charge in [0.25, 0.3) is 10.1 Å². The van der Waals surface area contributed by atoms with Gasteiger partial charge in [-0.15, -0.1) is 0 Å². The molecule has 5 nitrogen and oxygen atoms in total. The van der Waals surface area contributed by atoms with Crippen LogP contribution in [-0.2, 0) is 14.3 Å². The lowest BCUT2D eigenvalue weighted by Gasteiger charge is -2.10. The van der Waals surface area contributed by atoms with Gasteiger partial charge >= 0.3 is 0 Å². The molecule has 1 saturated heterocycles. The molecule has 1 heterocycles. The molecule has 24 heavy (non-hydrogen) atoms. The Balaban J connectivity index is 0.000000307. The minimum Gasteiger partial charge on any atom is -0.394 e. The van der Waals surface area contributed by atoms with E-state index in [1.165, 1.54) is 0 Å². The Hall–Kier alpha value is -0.250. The first-order chi connectivity index (χ1) is 11.4. The highest BCUT2D eigenvalue weighted by Gasteiger charge is 2.24. The molecule has 2 N–H and O–H groups in total. The Bertz CT molecular complexity index is 554. The molecule has 2 atom stereocenters. The van der Waals surface area contributed by atoms with Crippen molar-refractivity contribution in [2.45, 2.75) is 36.9 Å². The average molecular weight is 395 g/mol. The minimum absolute atomic E-state index is 0.111. The van der Waals surface area contributed by atoms with Crippen LogP contribution in [0, 0.1) is 6.92 Å². The summed E-state index contributed by atoms with van der Waals surface area (Å²) >= 11 is 3.41. The lowest BCUT2D eigenvalue weighted by atomic mass is 10.2. The highest BCUT2D eigenvalue weighted by atomic mass is 32.2. The Morgan fingerprint density at radius 2 is 2.04 bits per heavy atom. The van der Waals surface area contributed by atoms with Crippen LogP contribution in [-0.4, -0.2) is 61.0 Å². The molecule has 8 heteroatoms. The van der Waals surface area contributed by atoms with Crippen LogP contribution in [0.4, 0.5) is 0 Å². The predicted molar refractivity (Wildman–Crippen MR) is 101 cm³/mol. The molecule has 1 aliphatic rings. The molecule has 138 valence electrons. The second-order valence-electron chi connectivity index (χ2n) is 5.47. The number of thioether (sulfide) groups is 2. The molecule has 1 aromatic carbocycles. The number of aliphatic hydroxyl groups excluding tert-OH is 2. The SMILES string of the molecule is CSCC[C@@H](O)CO.Cc1ccc(S(=O)(=O)O[C@@H]2CCSC2)cc1. The van der Waals surface area contributed by atoms with Crippen molar-refractivity contribution >= 4 is 33.6 Å². The predicted octanol–water partition coefficient (Wildman–Crippen LogP) is 2.30. The van der Waals surface area contributed by atoms with Gasteiger partial charge in [-0.2, -0.15) is 31.9 Å². The Labute approximate surface area is 153 Å². The normalized spacial score (nSPS) is 18.8. The van der Waals surface area contributed by atoms with Crippen LogP contribution in [0.2, 0.25) is 0 Å². The molecule has 0 aromatic heterocycles. The molecule has 1 aromatic rings. The van der Waals surface area contributed by atoms with E-state index in [0.29, 0.717) is 6.42 Å². The number of benzene rings is 1. The molecule has 1 fully saturated rings. The van der Waals surface area contributed by atoms with E-state index in [1.54, 1.807) is 47.8 Å². The van der Waals surface area contributed by atoms with E-state index in [-0.39, 0.29) is 17.6 Å². The van der Waals surface area contributed by atoms with Gasteiger partial charge in [-0.3, -0.25) is 4.18 Å². The maximum Gasteiger partial charge on any atom is 0.297 e. The summed E-state index contributed by atoms with van der Waals surface area (Å²) in [6, 6.07) is 6.73. The summed E-state index contributed by atoms with van der Waals surface area (Å²) in [5.74, 6) is 2.67. The monoisotopic (exact) mass is 394 g/mol. The Morgan fingerprint density at radius 1 is 1.38 bits per heavy atom. The standard InChI is InChI=1S/C11H14O3S2.C5H12O2S/c1-9-2-4-11(5-3-9)16(12,13)14-10-6-7-15-8-10;1-8-3-2-5(7)4-6/h2-5,10H,6-8H2,1H3;5-7H,2-4H2,1H3/t10-;5-/m11/s1. The molecule has 0 amide bonds. The summed E-state index contributed by atoms with van der Waals surface area (Å²) in [5, 5.41) is 17.0. The van der Waals surface area contributed by atoms with Gasteiger partial charge in [-0.25, -0.2) is 0 Å². The first-order valence-corrected chi connectivity index (χ1v) is 11.7. The van der Waals surface area contributed by atoms with E-state index in [2.05, 4.69) is 0 Å². The van der Waals surface area contributed by atoms with Gasteiger partial charge in [0.05, 0.1) is 23.7 Å². The van der Waals surface area contributed by atoms with Crippen molar-refractivity contribution in [3.63, 3.8) is 0 Å². The van der Waals surface area contributed by atoms with Crippen LogP contribution in [0.5, 0.6) is 0 Å². The number of hydrogen-bond acceptors (Lipinski definition) is 7. The maximum absolute atomic E-state index is 11.9. The first-order valence-electron chi connectivity index (χ1n) is 7.74. The fraction of sp³-hybridized carbons (Fsp3) is 0.625. The van der Waals surface area contributed by atoms with E-state index in [1.807, 2.05) is 13.2 Å². The third-order valence-corrected chi connectivity index (χ3v) is 6.48. The van der Waals surface area contributed by atoms with Crippen LogP contribution < -0.4 is 0 Å². The van der Waals surface area contributed by atoms with Crippen molar-refractivity contribution in [2.75, 3.05) is 30.1 Å². The highest BCUT2D eigenvalue weighted by molar-refractivity contribution is 7.99. The third-order valence-electron chi connectivity index (χ3n) is 3.33. The van der Waals surface area contributed by atoms with E-state index >= 15 is 0 Å². The van der Waals surface area contributed by atoms with Gasteiger partial charge in [0.15, 0.2) is 0 Å². The maximum atomic E-state index is 11.9. The number of aryl methyl sites for hydroxylation is 1. The fourth-order valence-electron chi connectivity index (χ4n) is 1.87. The van der Waals surface area contributed by atoms with Crippen molar-refractivity contribution in [1.82, 2.24) is 0 Å². The molecule has 2 rings (SSSR count). The van der Waals surface area contributed by atoms with Crippen LogP contribution >= 0.6 is 23.5 Å². The van der Waals surface area contributed by atoms with Gasteiger partial charge < -0.3 is 10.2 Å². The Kier molecular flexibility index (Phi) is 10.3. The molecule has 0 saturated carbocycles. The van der Waals surface area contributed by atoms with Crippen LogP contribution in [0.25, 0.3) is 0 Å². The summed E-state index contributed by atoms with van der Waals surface area (Å²) in [5.41, 5.74) is 1.04. The lowest BCUT2D eigenvalue weighted by Crippen LogP contribution is -2.17. The van der Waals surface area contributed by atoms with E-state index in [0.717, 1.165) is 29.2 Å². The van der Waals surface area contributed by atoms with Crippen LogP contribution in [0.15, 0.2) is 29.2 Å². The van der Waals surface area contributed by atoms with Crippen molar-refractivity contribution < 1.29 is 22.8 Å². The van der Waals surface area contributed by atoms with E-state index < -0.39 is 16.2 Å². The van der Waals surface area contributed by atoms with E-state index in [4.69, 9.17) is 14.4 Å². The van der Waals surface area contributed by atoms with Gasteiger partial charge in [0, 0.05) is 5.75 Å². The third kappa shape index (κ3) is 8.22. The minimum atomic E-state index is -3.57. The molecule has 0 aliphatic carbocycles. The van der Waals surface area contributed by atoms with E-state index in [9.17, 15) is 8.42 Å². The zero-order valence-corrected chi connectivity index (χ0v) is 16.5.